The topological polar surface area (TPSA) is 125 Å². The highest BCUT2D eigenvalue weighted by atomic mass is 35.5. The molecule has 0 aromatic carbocycles. The molecule has 4 atom stereocenters. The molecule has 166 valence electrons. The number of hydrogen-bond acceptors (Lipinski definition) is 10. The molecular weight excluding hydrogens is 442 g/mol. The summed E-state index contributed by atoms with van der Waals surface area (Å²) in [5.74, 6) is 0.470. The molecule has 2 aromatic rings. The minimum absolute atomic E-state index is 0.0706. The van der Waals surface area contributed by atoms with Gasteiger partial charge in [0.05, 0.1) is 18.0 Å². The fraction of sp³-hybridized carbons (Fsp3) is 0.526. The second-order valence-corrected chi connectivity index (χ2v) is 8.84. The number of anilines is 2. The molecule has 31 heavy (non-hydrogen) atoms. The van der Waals surface area contributed by atoms with Crippen molar-refractivity contribution in [3.63, 3.8) is 0 Å². The molecule has 12 heteroatoms. The van der Waals surface area contributed by atoms with Gasteiger partial charge in [-0.05, 0) is 31.4 Å². The van der Waals surface area contributed by atoms with E-state index in [1.807, 2.05) is 13.1 Å². The first-order valence-corrected chi connectivity index (χ1v) is 11.4. The predicted octanol–water partition coefficient (Wildman–Crippen LogP) is 2.66. The van der Waals surface area contributed by atoms with Crippen LogP contribution < -0.4 is 15.6 Å². The van der Waals surface area contributed by atoms with Gasteiger partial charge in [-0.1, -0.05) is 18.3 Å². The van der Waals surface area contributed by atoms with Crippen molar-refractivity contribution in [3.05, 3.63) is 18.3 Å². The number of aromatic nitrogens is 3. The number of ether oxygens (including phenoxy) is 1. The molecule has 3 N–H and O–H groups in total. The van der Waals surface area contributed by atoms with Crippen LogP contribution in [0.2, 0.25) is 0 Å². The highest BCUT2D eigenvalue weighted by Gasteiger charge is 2.40. The number of aliphatic hydroxyl groups excluding tert-OH is 1. The molecular formula is C19H24ClN7O3S. The second kappa shape index (κ2) is 9.75. The number of aliphatic hydroxyl groups is 1. The van der Waals surface area contributed by atoms with Gasteiger partial charge in [-0.3, -0.25) is 0 Å². The molecule has 0 bridgehead atoms. The summed E-state index contributed by atoms with van der Waals surface area (Å²) in [4.78, 5) is 17.4. The van der Waals surface area contributed by atoms with Crippen LogP contribution in [0.1, 0.15) is 26.2 Å². The molecule has 4 unspecified atom stereocenters. The minimum atomic E-state index is -0.651. The van der Waals surface area contributed by atoms with Gasteiger partial charge in [0.25, 0.3) is 0 Å². The Hall–Kier alpha value is -2.50. The Morgan fingerprint density at radius 3 is 3.13 bits per heavy atom. The van der Waals surface area contributed by atoms with Crippen molar-refractivity contribution < 1.29 is 14.6 Å². The lowest BCUT2D eigenvalue weighted by Gasteiger charge is -2.35. The van der Waals surface area contributed by atoms with Crippen molar-refractivity contribution in [2.24, 2.45) is 11.0 Å². The lowest BCUT2D eigenvalue weighted by Crippen LogP contribution is -2.47. The van der Waals surface area contributed by atoms with E-state index in [4.69, 9.17) is 16.3 Å². The second-order valence-electron chi connectivity index (χ2n) is 7.36. The first-order chi connectivity index (χ1) is 15.1. The van der Waals surface area contributed by atoms with Gasteiger partial charge in [-0.25, -0.2) is 14.7 Å². The number of pyridine rings is 1. The fourth-order valence-electron chi connectivity index (χ4n) is 3.66. The zero-order valence-electron chi connectivity index (χ0n) is 16.9. The van der Waals surface area contributed by atoms with E-state index in [9.17, 15) is 9.90 Å². The molecule has 2 aromatic heterocycles. The molecule has 0 radical (unpaired) electrons. The highest BCUT2D eigenvalue weighted by molar-refractivity contribution is 7.18. The maximum atomic E-state index is 12.2. The van der Waals surface area contributed by atoms with E-state index < -0.39 is 12.8 Å². The molecule has 0 spiro atoms. The number of halogens is 1. The number of fused-ring (bicyclic) bond motifs is 1. The van der Waals surface area contributed by atoms with Gasteiger partial charge in [-0.15, -0.1) is 21.8 Å². The smallest absolute Gasteiger partial charge is 0.417 e. The average Bonchev–Trinajstić information content (AvgIpc) is 3.45. The number of hydrazone groups is 1. The van der Waals surface area contributed by atoms with E-state index in [-0.39, 0.29) is 29.8 Å². The molecule has 0 saturated heterocycles. The zero-order chi connectivity index (χ0) is 21.8. The highest BCUT2D eigenvalue weighted by Crippen LogP contribution is 2.34. The summed E-state index contributed by atoms with van der Waals surface area (Å²) < 4.78 is 5.10. The molecule has 1 fully saturated rings. The van der Waals surface area contributed by atoms with Gasteiger partial charge in [0.2, 0.25) is 5.13 Å². The summed E-state index contributed by atoms with van der Waals surface area (Å²) >= 11 is 8.07. The summed E-state index contributed by atoms with van der Waals surface area (Å²) in [7, 11) is 0. The Kier molecular flexibility index (Phi) is 6.83. The number of nitrogens with zero attached hydrogens (tertiary/aromatic N) is 5. The van der Waals surface area contributed by atoms with E-state index in [2.05, 4.69) is 31.0 Å². The van der Waals surface area contributed by atoms with Crippen LogP contribution in [0.5, 0.6) is 0 Å². The average molecular weight is 466 g/mol. The third kappa shape index (κ3) is 4.73. The Labute approximate surface area is 188 Å². The van der Waals surface area contributed by atoms with E-state index in [0.29, 0.717) is 22.6 Å². The third-order valence-electron chi connectivity index (χ3n) is 5.29. The quantitative estimate of drug-likeness (QED) is 0.421. The largest absolute Gasteiger partial charge is 0.449 e. The monoisotopic (exact) mass is 465 g/mol. The minimum Gasteiger partial charge on any atom is -0.449 e. The lowest BCUT2D eigenvalue weighted by molar-refractivity contribution is 0.145. The summed E-state index contributed by atoms with van der Waals surface area (Å²) in [5.41, 5.74) is 3.84. The Balaban J connectivity index is 1.46. The predicted molar refractivity (Wildman–Crippen MR) is 120 cm³/mol. The number of carbonyl (C=O) groups is 1. The summed E-state index contributed by atoms with van der Waals surface area (Å²) in [5, 5.41) is 26.9. The van der Waals surface area contributed by atoms with Crippen LogP contribution in [-0.4, -0.2) is 63.4 Å². The third-order valence-corrected chi connectivity index (χ3v) is 6.79. The van der Waals surface area contributed by atoms with Crippen molar-refractivity contribution >= 4 is 46.2 Å². The number of carbonyl (C=O) groups excluding carboxylic acids is 1. The lowest BCUT2D eigenvalue weighted by atomic mass is 9.83. The van der Waals surface area contributed by atoms with Crippen molar-refractivity contribution in [3.8, 4) is 10.6 Å². The van der Waals surface area contributed by atoms with Crippen LogP contribution in [0.15, 0.2) is 23.4 Å². The van der Waals surface area contributed by atoms with Crippen LogP contribution in [0.3, 0.4) is 0 Å². The summed E-state index contributed by atoms with van der Waals surface area (Å²) in [6, 6.07) is 3.82. The van der Waals surface area contributed by atoms with Gasteiger partial charge < -0.3 is 20.6 Å². The molecule has 2 aliphatic rings. The standard InChI is InChI=1S/C19H24ClN7O3S/c1-2-7-30-19(29)27(10-28)15-8-11(5-6-21-15)17-25-26-18(31-17)23-14-4-3-13-12(16(14)20)9-22-24-13/h5-6,8-9,12-14,16,24,28H,2-4,7,10H2,1H3,(H,23,26). The van der Waals surface area contributed by atoms with Crippen molar-refractivity contribution in [1.82, 2.24) is 20.6 Å². The van der Waals surface area contributed by atoms with Crippen molar-refractivity contribution in [1.29, 1.82) is 0 Å². The number of amides is 1. The van der Waals surface area contributed by atoms with Crippen molar-refractivity contribution in [2.45, 2.75) is 43.6 Å². The Morgan fingerprint density at radius 2 is 2.32 bits per heavy atom. The molecule has 10 nitrogen and oxygen atoms in total. The SMILES string of the molecule is CCCOC(=O)N(CO)c1cc(-c2nnc(NC3CCC4NN=CC4C3Cl)s2)ccn1. The van der Waals surface area contributed by atoms with Gasteiger partial charge >= 0.3 is 6.09 Å². The molecule has 1 aliphatic carbocycles. The number of alkyl halides is 1. The first-order valence-electron chi connectivity index (χ1n) is 10.1. The summed E-state index contributed by atoms with van der Waals surface area (Å²) in [6.07, 6.45) is 5.37. The van der Waals surface area contributed by atoms with E-state index in [1.54, 1.807) is 18.3 Å². The van der Waals surface area contributed by atoms with Crippen LogP contribution in [-0.2, 0) is 4.74 Å². The zero-order valence-corrected chi connectivity index (χ0v) is 18.5. The molecule has 4 rings (SSSR count). The maximum Gasteiger partial charge on any atom is 0.417 e. The van der Waals surface area contributed by atoms with Crippen LogP contribution in [0.25, 0.3) is 10.6 Å². The van der Waals surface area contributed by atoms with E-state index in [0.717, 1.165) is 23.3 Å². The normalized spacial score (nSPS) is 24.4. The molecule has 1 amide bonds. The van der Waals surface area contributed by atoms with Crippen LogP contribution in [0, 0.1) is 5.92 Å². The van der Waals surface area contributed by atoms with Gasteiger partial charge in [0.1, 0.15) is 17.6 Å². The summed E-state index contributed by atoms with van der Waals surface area (Å²) in [6.45, 7) is 1.63. The molecule has 1 aliphatic heterocycles. The van der Waals surface area contributed by atoms with Crippen LogP contribution in [0.4, 0.5) is 15.7 Å². The first kappa shape index (κ1) is 21.7. The number of nitrogens with one attached hydrogen (secondary N) is 2. The Morgan fingerprint density at radius 1 is 1.45 bits per heavy atom. The van der Waals surface area contributed by atoms with Gasteiger partial charge in [-0.2, -0.15) is 5.10 Å². The number of rotatable bonds is 7. The van der Waals surface area contributed by atoms with E-state index >= 15 is 0 Å². The molecule has 3 heterocycles. The van der Waals surface area contributed by atoms with Crippen LogP contribution >= 0.6 is 22.9 Å². The maximum absolute atomic E-state index is 12.2. The Bertz CT molecular complexity index is 943. The fourth-order valence-corrected chi connectivity index (χ4v) is 4.89. The number of hydrogen-bond donors (Lipinski definition) is 3. The van der Waals surface area contributed by atoms with E-state index in [1.165, 1.54) is 11.3 Å². The molecule has 1 saturated carbocycles. The van der Waals surface area contributed by atoms with Gasteiger partial charge in [0, 0.05) is 29.9 Å². The van der Waals surface area contributed by atoms with Crippen molar-refractivity contribution in [2.75, 3.05) is 23.6 Å². The van der Waals surface area contributed by atoms with Gasteiger partial charge in [0.15, 0.2) is 0 Å².